The van der Waals surface area contributed by atoms with Crippen molar-refractivity contribution in [1.82, 2.24) is 9.88 Å². The second-order valence-corrected chi connectivity index (χ2v) is 7.84. The fraction of sp³-hybridized carbons (Fsp3) is 0.217. The Morgan fingerprint density at radius 2 is 2.00 bits per heavy atom. The van der Waals surface area contributed by atoms with Crippen molar-refractivity contribution in [2.45, 2.75) is 18.8 Å². The van der Waals surface area contributed by atoms with E-state index in [9.17, 15) is 9.18 Å². The summed E-state index contributed by atoms with van der Waals surface area (Å²) in [5, 5.41) is 4.16. The van der Waals surface area contributed by atoms with Crippen molar-refractivity contribution in [2.75, 3.05) is 24.1 Å². The lowest BCUT2D eigenvalue weighted by atomic mass is 9.87. The molecule has 1 saturated heterocycles. The van der Waals surface area contributed by atoms with E-state index in [-0.39, 0.29) is 11.7 Å². The minimum atomic E-state index is -0.248. The summed E-state index contributed by atoms with van der Waals surface area (Å²) in [6.45, 7) is 1.63. The van der Waals surface area contributed by atoms with Crippen LogP contribution in [0.15, 0.2) is 60.9 Å². The van der Waals surface area contributed by atoms with Crippen LogP contribution in [0.25, 0.3) is 10.9 Å². The molecule has 2 heterocycles. The van der Waals surface area contributed by atoms with Gasteiger partial charge in [0.25, 0.3) is 0 Å². The van der Waals surface area contributed by atoms with Crippen molar-refractivity contribution in [2.24, 2.45) is 0 Å². The van der Waals surface area contributed by atoms with Gasteiger partial charge < -0.3 is 16.0 Å². The highest BCUT2D eigenvalue weighted by molar-refractivity contribution is 6.31. The van der Waals surface area contributed by atoms with Crippen LogP contribution in [0.2, 0.25) is 5.02 Å². The van der Waals surface area contributed by atoms with Crippen molar-refractivity contribution in [3.05, 3.63) is 77.3 Å². The lowest BCUT2D eigenvalue weighted by molar-refractivity contribution is -0.112. The van der Waals surface area contributed by atoms with E-state index >= 15 is 0 Å². The Morgan fingerprint density at radius 1 is 1.20 bits per heavy atom. The largest absolute Gasteiger partial charge is 0.397 e. The quantitative estimate of drug-likeness (QED) is 0.459. The van der Waals surface area contributed by atoms with Crippen LogP contribution < -0.4 is 11.1 Å². The monoisotopic (exact) mass is 424 g/mol. The molecule has 0 saturated carbocycles. The van der Waals surface area contributed by atoms with Gasteiger partial charge >= 0.3 is 0 Å². The lowest BCUT2D eigenvalue weighted by Gasteiger charge is -2.31. The normalized spacial score (nSPS) is 15.1. The highest BCUT2D eigenvalue weighted by atomic mass is 35.5. The summed E-state index contributed by atoms with van der Waals surface area (Å²) in [5.41, 5.74) is 8.77. The molecule has 1 aliphatic rings. The van der Waals surface area contributed by atoms with Crippen LogP contribution in [0, 0.1) is 5.82 Å². The first-order valence-corrected chi connectivity index (χ1v) is 10.2. The standard InChI is InChI=1S/C23H22ClFN4O/c24-16-1-3-22(20(26)13-16)28-23(30)8-12-29-10-6-15(7-11-29)18-5-9-27-21-4-2-17(25)14-19(18)21/h1-5,8-9,12-15H,6-7,10-11,26H2,(H,28,30). The zero-order valence-electron chi connectivity index (χ0n) is 16.3. The Labute approximate surface area is 179 Å². The Bertz CT molecular complexity index is 1110. The van der Waals surface area contributed by atoms with E-state index in [1.807, 2.05) is 12.3 Å². The number of pyridine rings is 1. The van der Waals surface area contributed by atoms with Crippen LogP contribution >= 0.6 is 11.6 Å². The smallest absolute Gasteiger partial charge is 0.249 e. The van der Waals surface area contributed by atoms with Gasteiger partial charge in [0, 0.05) is 42.0 Å². The molecule has 3 aromatic rings. The second kappa shape index (κ2) is 8.71. The predicted octanol–water partition coefficient (Wildman–Crippen LogP) is 4.94. The van der Waals surface area contributed by atoms with Crippen LogP contribution in [0.3, 0.4) is 0 Å². The maximum atomic E-state index is 13.7. The van der Waals surface area contributed by atoms with Gasteiger partial charge in [0.05, 0.1) is 16.9 Å². The molecule has 154 valence electrons. The van der Waals surface area contributed by atoms with Gasteiger partial charge in [0.1, 0.15) is 5.82 Å². The molecule has 0 aliphatic carbocycles. The molecule has 1 amide bonds. The summed E-state index contributed by atoms with van der Waals surface area (Å²) in [6, 6.07) is 11.7. The number of carbonyl (C=O) groups is 1. The number of rotatable bonds is 4. The number of nitrogens with two attached hydrogens (primary N) is 1. The summed E-state index contributed by atoms with van der Waals surface area (Å²) in [4.78, 5) is 18.7. The van der Waals surface area contributed by atoms with E-state index in [0.29, 0.717) is 22.3 Å². The van der Waals surface area contributed by atoms with Gasteiger partial charge in [-0.25, -0.2) is 4.39 Å². The van der Waals surface area contributed by atoms with Gasteiger partial charge in [0.2, 0.25) is 5.91 Å². The van der Waals surface area contributed by atoms with Crippen LogP contribution in [-0.2, 0) is 4.79 Å². The molecule has 2 aromatic carbocycles. The number of nitrogens with one attached hydrogen (secondary N) is 1. The average Bonchev–Trinajstić information content (AvgIpc) is 2.74. The molecule has 0 atom stereocenters. The van der Waals surface area contributed by atoms with Crippen molar-refractivity contribution >= 4 is 39.8 Å². The van der Waals surface area contributed by atoms with Gasteiger partial charge in [-0.05, 0) is 66.8 Å². The maximum absolute atomic E-state index is 13.7. The number of aromatic nitrogens is 1. The summed E-state index contributed by atoms with van der Waals surface area (Å²) in [7, 11) is 0. The van der Waals surface area contributed by atoms with E-state index in [0.717, 1.165) is 42.4 Å². The molecule has 0 unspecified atom stereocenters. The number of nitrogens with zero attached hydrogens (tertiary/aromatic N) is 2. The number of halogens is 2. The first-order chi connectivity index (χ1) is 14.5. The third kappa shape index (κ3) is 4.54. The highest BCUT2D eigenvalue weighted by Crippen LogP contribution is 2.32. The van der Waals surface area contributed by atoms with Gasteiger partial charge in [-0.15, -0.1) is 0 Å². The maximum Gasteiger partial charge on any atom is 0.249 e. The Kier molecular flexibility index (Phi) is 5.86. The number of benzene rings is 2. The van der Waals surface area contributed by atoms with Crippen molar-refractivity contribution in [3.8, 4) is 0 Å². The molecule has 7 heteroatoms. The van der Waals surface area contributed by atoms with E-state index in [2.05, 4.69) is 15.2 Å². The van der Waals surface area contributed by atoms with Crippen molar-refractivity contribution in [1.29, 1.82) is 0 Å². The van der Waals surface area contributed by atoms with Crippen LogP contribution in [0.1, 0.15) is 24.3 Å². The molecule has 0 bridgehead atoms. The predicted molar refractivity (Wildman–Crippen MR) is 119 cm³/mol. The number of hydrogen-bond acceptors (Lipinski definition) is 4. The molecular weight excluding hydrogens is 403 g/mol. The van der Waals surface area contributed by atoms with Crippen LogP contribution in [-0.4, -0.2) is 28.9 Å². The zero-order chi connectivity index (χ0) is 21.1. The topological polar surface area (TPSA) is 71.2 Å². The summed E-state index contributed by atoms with van der Waals surface area (Å²) >= 11 is 5.88. The molecule has 3 N–H and O–H groups in total. The number of amides is 1. The van der Waals surface area contributed by atoms with E-state index in [1.54, 1.807) is 36.5 Å². The van der Waals surface area contributed by atoms with Crippen molar-refractivity contribution in [3.63, 3.8) is 0 Å². The number of hydrogen-bond donors (Lipinski definition) is 2. The molecule has 30 heavy (non-hydrogen) atoms. The van der Waals surface area contributed by atoms with E-state index in [1.165, 1.54) is 12.1 Å². The van der Waals surface area contributed by atoms with E-state index in [4.69, 9.17) is 17.3 Å². The highest BCUT2D eigenvalue weighted by Gasteiger charge is 2.21. The molecule has 0 spiro atoms. The van der Waals surface area contributed by atoms with Gasteiger partial charge in [-0.1, -0.05) is 11.6 Å². The second-order valence-electron chi connectivity index (χ2n) is 7.41. The van der Waals surface area contributed by atoms with Gasteiger partial charge in [0.15, 0.2) is 0 Å². The lowest BCUT2D eigenvalue weighted by Crippen LogP contribution is -2.29. The zero-order valence-corrected chi connectivity index (χ0v) is 17.1. The fourth-order valence-corrected chi connectivity index (χ4v) is 4.03. The Morgan fingerprint density at radius 3 is 2.77 bits per heavy atom. The van der Waals surface area contributed by atoms with Crippen LogP contribution in [0.4, 0.5) is 15.8 Å². The fourth-order valence-electron chi connectivity index (χ4n) is 3.85. The summed E-state index contributed by atoms with van der Waals surface area (Å²) in [5.74, 6) is -0.157. The molecule has 1 aliphatic heterocycles. The van der Waals surface area contributed by atoms with E-state index < -0.39 is 0 Å². The number of carbonyl (C=O) groups excluding carboxylic acids is 1. The van der Waals surface area contributed by atoms with Crippen LogP contribution in [0.5, 0.6) is 0 Å². The first kappa shape index (κ1) is 20.2. The third-order valence-electron chi connectivity index (χ3n) is 5.41. The number of anilines is 2. The van der Waals surface area contributed by atoms with Gasteiger partial charge in [-0.3, -0.25) is 9.78 Å². The first-order valence-electron chi connectivity index (χ1n) is 9.82. The Hall–Kier alpha value is -3.12. The number of fused-ring (bicyclic) bond motifs is 1. The Balaban J connectivity index is 1.37. The molecular formula is C23H22ClFN4O. The number of likely N-dealkylation sites (tertiary alicyclic amines) is 1. The molecule has 1 fully saturated rings. The molecule has 0 radical (unpaired) electrons. The molecule has 1 aromatic heterocycles. The van der Waals surface area contributed by atoms with Gasteiger partial charge in [-0.2, -0.15) is 0 Å². The SMILES string of the molecule is Nc1cc(Cl)ccc1NC(=O)C=CN1CCC(c2ccnc3ccc(F)cc23)CC1. The summed E-state index contributed by atoms with van der Waals surface area (Å²) < 4.78 is 13.7. The molecule has 4 rings (SSSR count). The number of piperidine rings is 1. The molecule has 5 nitrogen and oxygen atoms in total. The van der Waals surface area contributed by atoms with Crippen molar-refractivity contribution < 1.29 is 9.18 Å². The number of nitrogen functional groups attached to an aromatic ring is 1. The average molecular weight is 425 g/mol. The summed E-state index contributed by atoms with van der Waals surface area (Å²) in [6.07, 6.45) is 6.94. The minimum Gasteiger partial charge on any atom is -0.397 e. The minimum absolute atomic E-state index is 0.246. The third-order valence-corrected chi connectivity index (χ3v) is 5.65.